The molecule has 0 saturated heterocycles. The Morgan fingerprint density at radius 1 is 1.00 bits per heavy atom. The van der Waals surface area contributed by atoms with E-state index in [0.717, 1.165) is 51.1 Å². The molecule has 0 aliphatic carbocycles. The highest BCUT2D eigenvalue weighted by molar-refractivity contribution is 5.94. The van der Waals surface area contributed by atoms with Crippen LogP contribution in [0.25, 0.3) is 10.9 Å². The molecule has 3 aromatic heterocycles. The van der Waals surface area contributed by atoms with Crippen LogP contribution in [0.4, 0.5) is 5.82 Å². The zero-order chi connectivity index (χ0) is 22.7. The first kappa shape index (κ1) is 21.4. The fraction of sp³-hybridized carbons (Fsp3) is 0.231. The molecule has 0 saturated carbocycles. The van der Waals surface area contributed by atoms with Crippen LogP contribution in [0.2, 0.25) is 0 Å². The third-order valence-electron chi connectivity index (χ3n) is 5.64. The number of aryl methyl sites for hydroxylation is 3. The average Bonchev–Trinajstić information content (AvgIpc) is 2.78. The second kappa shape index (κ2) is 9.14. The molecule has 3 heterocycles. The first-order chi connectivity index (χ1) is 15.4. The minimum absolute atomic E-state index is 0.140. The number of nitrogens with two attached hydrogens (primary N) is 1. The lowest BCUT2D eigenvalue weighted by Gasteiger charge is -2.12. The van der Waals surface area contributed by atoms with Crippen LogP contribution >= 0.6 is 0 Å². The zero-order valence-electron chi connectivity index (χ0n) is 18.6. The lowest BCUT2D eigenvalue weighted by atomic mass is 10.0. The number of benzene rings is 1. The molecule has 1 aromatic carbocycles. The van der Waals surface area contributed by atoms with Crippen molar-refractivity contribution in [1.29, 1.82) is 0 Å². The number of aromatic nitrogens is 3. The summed E-state index contributed by atoms with van der Waals surface area (Å²) in [6, 6.07) is 15.8. The van der Waals surface area contributed by atoms with Gasteiger partial charge < -0.3 is 11.1 Å². The van der Waals surface area contributed by atoms with Crippen LogP contribution in [0, 0.1) is 13.8 Å². The van der Waals surface area contributed by atoms with Gasteiger partial charge in [0.2, 0.25) is 0 Å². The summed E-state index contributed by atoms with van der Waals surface area (Å²) in [6.45, 7) is 6.38. The zero-order valence-corrected chi connectivity index (χ0v) is 18.6. The summed E-state index contributed by atoms with van der Waals surface area (Å²) >= 11 is 0. The van der Waals surface area contributed by atoms with E-state index in [-0.39, 0.29) is 5.91 Å². The summed E-state index contributed by atoms with van der Waals surface area (Å²) in [5.41, 5.74) is 13.3. The van der Waals surface area contributed by atoms with Gasteiger partial charge in [-0.15, -0.1) is 0 Å². The van der Waals surface area contributed by atoms with E-state index in [1.54, 1.807) is 12.3 Å². The maximum absolute atomic E-state index is 12.8. The minimum Gasteiger partial charge on any atom is -0.384 e. The number of anilines is 1. The summed E-state index contributed by atoms with van der Waals surface area (Å²) < 4.78 is 0. The van der Waals surface area contributed by atoms with E-state index in [2.05, 4.69) is 51.5 Å². The monoisotopic (exact) mass is 425 g/mol. The lowest BCUT2D eigenvalue weighted by molar-refractivity contribution is 0.0950. The fourth-order valence-electron chi connectivity index (χ4n) is 3.88. The van der Waals surface area contributed by atoms with Crippen LogP contribution in [0.3, 0.4) is 0 Å². The first-order valence-electron chi connectivity index (χ1n) is 10.8. The van der Waals surface area contributed by atoms with Crippen molar-refractivity contribution in [3.8, 4) is 0 Å². The number of nitrogen functional groups attached to an aromatic ring is 1. The van der Waals surface area contributed by atoms with Crippen molar-refractivity contribution in [2.24, 2.45) is 0 Å². The SMILES string of the molecule is CCc1ccc2cc(Cc3cc(C(=O)NCc4c(C)cc(N)nc4C)ccn3)ccc2n1. The standard InChI is InChI=1S/C26H27N5O/c1-4-21-7-6-19-12-18(5-8-24(19)31-21)13-22-14-20(9-10-28-22)26(32)29-15-23-16(2)11-25(27)30-17(23)3/h5-12,14H,4,13,15H2,1-3H3,(H2,27,30)(H,29,32). The average molecular weight is 426 g/mol. The third kappa shape index (κ3) is 4.75. The predicted molar refractivity (Wildman–Crippen MR) is 127 cm³/mol. The number of amides is 1. The van der Waals surface area contributed by atoms with Gasteiger partial charge in [-0.1, -0.05) is 19.1 Å². The summed E-state index contributed by atoms with van der Waals surface area (Å²) in [6.07, 6.45) is 3.25. The van der Waals surface area contributed by atoms with Crippen molar-refractivity contribution in [2.75, 3.05) is 5.73 Å². The summed E-state index contributed by atoms with van der Waals surface area (Å²) in [5.74, 6) is 0.350. The highest BCUT2D eigenvalue weighted by Gasteiger charge is 2.11. The quantitative estimate of drug-likeness (QED) is 0.480. The Morgan fingerprint density at radius 2 is 1.84 bits per heavy atom. The number of fused-ring (bicyclic) bond motifs is 1. The number of carbonyl (C=O) groups is 1. The van der Waals surface area contributed by atoms with E-state index in [1.165, 1.54) is 0 Å². The Balaban J connectivity index is 1.47. The van der Waals surface area contributed by atoms with Crippen LogP contribution in [0.15, 0.2) is 54.7 Å². The Kier molecular flexibility index (Phi) is 6.12. The maximum Gasteiger partial charge on any atom is 0.251 e. The molecule has 0 bridgehead atoms. The molecule has 3 N–H and O–H groups in total. The van der Waals surface area contributed by atoms with Crippen LogP contribution in [-0.2, 0) is 19.4 Å². The van der Waals surface area contributed by atoms with E-state index in [1.807, 2.05) is 32.0 Å². The minimum atomic E-state index is -0.140. The molecule has 4 aromatic rings. The van der Waals surface area contributed by atoms with Gasteiger partial charge in [-0.3, -0.25) is 14.8 Å². The van der Waals surface area contributed by atoms with Gasteiger partial charge in [-0.25, -0.2) is 4.98 Å². The molecule has 0 aliphatic heterocycles. The van der Waals surface area contributed by atoms with E-state index in [0.29, 0.717) is 24.3 Å². The van der Waals surface area contributed by atoms with Crippen LogP contribution in [0.1, 0.15) is 51.1 Å². The second-order valence-corrected chi connectivity index (χ2v) is 8.01. The fourth-order valence-corrected chi connectivity index (χ4v) is 3.88. The van der Waals surface area contributed by atoms with Gasteiger partial charge in [-0.05, 0) is 73.4 Å². The molecule has 4 rings (SSSR count). The van der Waals surface area contributed by atoms with Gasteiger partial charge >= 0.3 is 0 Å². The van der Waals surface area contributed by atoms with Gasteiger partial charge in [0, 0.05) is 47.2 Å². The highest BCUT2D eigenvalue weighted by Crippen LogP contribution is 2.18. The number of pyridine rings is 3. The maximum atomic E-state index is 12.8. The molecule has 0 radical (unpaired) electrons. The van der Waals surface area contributed by atoms with E-state index < -0.39 is 0 Å². The van der Waals surface area contributed by atoms with Gasteiger partial charge in [0.15, 0.2) is 0 Å². The van der Waals surface area contributed by atoms with Crippen molar-refractivity contribution < 1.29 is 4.79 Å². The van der Waals surface area contributed by atoms with Crippen molar-refractivity contribution in [3.05, 3.63) is 94.1 Å². The van der Waals surface area contributed by atoms with E-state index >= 15 is 0 Å². The summed E-state index contributed by atoms with van der Waals surface area (Å²) in [4.78, 5) is 26.2. The van der Waals surface area contributed by atoms with Crippen molar-refractivity contribution in [2.45, 2.75) is 40.2 Å². The molecule has 6 heteroatoms. The Bertz CT molecular complexity index is 1280. The first-order valence-corrected chi connectivity index (χ1v) is 10.8. The van der Waals surface area contributed by atoms with E-state index in [4.69, 9.17) is 5.73 Å². The number of rotatable bonds is 6. The molecule has 0 fully saturated rings. The molecular formula is C26H27N5O. The molecule has 0 atom stereocenters. The molecule has 1 amide bonds. The molecule has 162 valence electrons. The van der Waals surface area contributed by atoms with Crippen LogP contribution in [0.5, 0.6) is 0 Å². The second-order valence-electron chi connectivity index (χ2n) is 8.01. The largest absolute Gasteiger partial charge is 0.384 e. The molecule has 32 heavy (non-hydrogen) atoms. The number of nitrogens with one attached hydrogen (secondary N) is 1. The lowest BCUT2D eigenvalue weighted by Crippen LogP contribution is -2.24. The predicted octanol–water partition coefficient (Wildman–Crippen LogP) is 4.31. The Labute approximate surface area is 187 Å². The van der Waals surface area contributed by atoms with Gasteiger partial charge in [0.05, 0.1) is 5.52 Å². The Morgan fingerprint density at radius 3 is 2.62 bits per heavy atom. The van der Waals surface area contributed by atoms with Gasteiger partial charge in [0.1, 0.15) is 5.82 Å². The van der Waals surface area contributed by atoms with Crippen LogP contribution < -0.4 is 11.1 Å². The summed E-state index contributed by atoms with van der Waals surface area (Å²) in [7, 11) is 0. The summed E-state index contributed by atoms with van der Waals surface area (Å²) in [5, 5.41) is 4.09. The van der Waals surface area contributed by atoms with Gasteiger partial charge in [-0.2, -0.15) is 0 Å². The van der Waals surface area contributed by atoms with Crippen LogP contribution in [-0.4, -0.2) is 20.9 Å². The normalized spacial score (nSPS) is 11.0. The number of hydrogen-bond acceptors (Lipinski definition) is 5. The molecule has 6 nitrogen and oxygen atoms in total. The Hall–Kier alpha value is -3.80. The topological polar surface area (TPSA) is 93.8 Å². The van der Waals surface area contributed by atoms with Crippen molar-refractivity contribution in [3.63, 3.8) is 0 Å². The number of carbonyl (C=O) groups excluding carboxylic acids is 1. The molecular weight excluding hydrogens is 398 g/mol. The van der Waals surface area contributed by atoms with Gasteiger partial charge in [0.25, 0.3) is 5.91 Å². The van der Waals surface area contributed by atoms with Crippen molar-refractivity contribution >= 4 is 22.6 Å². The van der Waals surface area contributed by atoms with Crippen molar-refractivity contribution in [1.82, 2.24) is 20.3 Å². The smallest absolute Gasteiger partial charge is 0.251 e. The number of hydrogen-bond donors (Lipinski definition) is 2. The molecule has 0 aliphatic rings. The number of nitrogens with zero attached hydrogens (tertiary/aromatic N) is 3. The van der Waals surface area contributed by atoms with E-state index in [9.17, 15) is 4.79 Å². The molecule has 0 unspecified atom stereocenters. The highest BCUT2D eigenvalue weighted by atomic mass is 16.1. The third-order valence-corrected chi connectivity index (χ3v) is 5.64. The molecule has 0 spiro atoms.